The number of ether oxygens (including phenoxy) is 2. The molecule has 6 heteroatoms. The topological polar surface area (TPSA) is 86.7 Å². The number of hydrogen-bond donors (Lipinski definition) is 0. The largest absolute Gasteiger partial charge is 0.466 e. The van der Waals surface area contributed by atoms with Crippen LogP contribution in [0.1, 0.15) is 46.5 Å². The zero-order chi connectivity index (χ0) is 15.5. The minimum atomic E-state index is -0.853. The van der Waals surface area contributed by atoms with Crippen LogP contribution in [-0.4, -0.2) is 36.7 Å². The van der Waals surface area contributed by atoms with Crippen LogP contribution in [0.3, 0.4) is 0 Å². The van der Waals surface area contributed by atoms with Crippen molar-refractivity contribution < 1.29 is 28.7 Å². The molecule has 0 fully saturated rings. The second-order valence-corrected chi connectivity index (χ2v) is 4.28. The summed E-state index contributed by atoms with van der Waals surface area (Å²) in [5.74, 6) is -2.39. The fraction of sp³-hybridized carbons (Fsp3) is 0.714. The molecule has 1 atom stereocenters. The van der Waals surface area contributed by atoms with E-state index in [1.165, 1.54) is 6.92 Å². The maximum absolute atomic E-state index is 11.9. The molecule has 0 aliphatic heterocycles. The molecule has 20 heavy (non-hydrogen) atoms. The molecule has 0 amide bonds. The zero-order valence-electron chi connectivity index (χ0n) is 12.3. The molecule has 0 rings (SSSR count). The summed E-state index contributed by atoms with van der Waals surface area (Å²) in [6.07, 6.45) is 0.0425. The van der Waals surface area contributed by atoms with Crippen molar-refractivity contribution in [3.63, 3.8) is 0 Å². The lowest BCUT2D eigenvalue weighted by molar-refractivity contribution is -0.146. The van der Waals surface area contributed by atoms with Gasteiger partial charge in [-0.2, -0.15) is 0 Å². The molecule has 0 heterocycles. The van der Waals surface area contributed by atoms with Gasteiger partial charge in [-0.25, -0.2) is 0 Å². The van der Waals surface area contributed by atoms with Gasteiger partial charge in [0.15, 0.2) is 0 Å². The second kappa shape index (κ2) is 10.1. The highest BCUT2D eigenvalue weighted by Crippen LogP contribution is 2.14. The summed E-state index contributed by atoms with van der Waals surface area (Å²) in [7, 11) is 0. The molecule has 6 nitrogen and oxygen atoms in total. The first-order valence-electron chi connectivity index (χ1n) is 6.76. The van der Waals surface area contributed by atoms with Crippen LogP contribution in [-0.2, 0) is 28.7 Å². The van der Waals surface area contributed by atoms with Gasteiger partial charge in [-0.05, 0) is 27.2 Å². The molecular formula is C14H22O6. The van der Waals surface area contributed by atoms with Crippen molar-refractivity contribution in [3.8, 4) is 0 Å². The number of esters is 2. The van der Waals surface area contributed by atoms with E-state index in [0.717, 1.165) is 0 Å². The Balaban J connectivity index is 4.30. The monoisotopic (exact) mass is 286 g/mol. The molecule has 0 saturated heterocycles. The molecule has 114 valence electrons. The highest BCUT2D eigenvalue weighted by molar-refractivity contribution is 6.02. The van der Waals surface area contributed by atoms with Crippen LogP contribution in [0.15, 0.2) is 0 Å². The number of Topliss-reactive ketones (excluding diaryl/α,β-unsaturated/α-hetero) is 2. The molecule has 0 aromatic carbocycles. The molecule has 0 bridgehead atoms. The fourth-order valence-electron chi connectivity index (χ4n) is 1.72. The first kappa shape index (κ1) is 18.3. The Kier molecular flexibility index (Phi) is 9.24. The summed E-state index contributed by atoms with van der Waals surface area (Å²) in [6.45, 7) is 5.19. The summed E-state index contributed by atoms with van der Waals surface area (Å²) < 4.78 is 9.46. The van der Waals surface area contributed by atoms with Crippen molar-refractivity contribution in [1.29, 1.82) is 0 Å². The molecule has 0 radical (unpaired) electrons. The van der Waals surface area contributed by atoms with Crippen LogP contribution >= 0.6 is 0 Å². The molecule has 0 N–H and O–H groups in total. The standard InChI is InChI=1S/C14H22O6/c1-4-19-13(17)8-6-11(10(3)15)12(16)7-9-14(18)20-5-2/h11H,4-9H2,1-3H3. The quantitative estimate of drug-likeness (QED) is 0.446. The highest BCUT2D eigenvalue weighted by Gasteiger charge is 2.24. The number of hydrogen-bond acceptors (Lipinski definition) is 6. The third kappa shape index (κ3) is 7.66. The minimum absolute atomic E-state index is 0.0171. The van der Waals surface area contributed by atoms with E-state index in [1.807, 2.05) is 0 Å². The summed E-state index contributed by atoms with van der Waals surface area (Å²) >= 11 is 0. The highest BCUT2D eigenvalue weighted by atomic mass is 16.5. The molecule has 1 unspecified atom stereocenters. The zero-order valence-corrected chi connectivity index (χ0v) is 12.3. The van der Waals surface area contributed by atoms with Crippen LogP contribution in [0.25, 0.3) is 0 Å². The SMILES string of the molecule is CCOC(=O)CCC(=O)C(CCC(=O)OCC)C(C)=O. The van der Waals surface area contributed by atoms with Crippen LogP contribution in [0, 0.1) is 5.92 Å². The smallest absolute Gasteiger partial charge is 0.306 e. The summed E-state index contributed by atoms with van der Waals surface area (Å²) in [4.78, 5) is 45.7. The number of carbonyl (C=O) groups is 4. The van der Waals surface area contributed by atoms with Crippen molar-refractivity contribution in [1.82, 2.24) is 0 Å². The van der Waals surface area contributed by atoms with Gasteiger partial charge in [0.25, 0.3) is 0 Å². The second-order valence-electron chi connectivity index (χ2n) is 4.28. The van der Waals surface area contributed by atoms with E-state index in [1.54, 1.807) is 13.8 Å². The average molecular weight is 286 g/mol. The third-order valence-corrected chi connectivity index (χ3v) is 2.70. The number of ketones is 2. The molecule has 0 saturated carbocycles. The summed E-state index contributed by atoms with van der Waals surface area (Å²) in [6, 6.07) is 0. The lowest BCUT2D eigenvalue weighted by Crippen LogP contribution is -2.24. The summed E-state index contributed by atoms with van der Waals surface area (Å²) in [5, 5.41) is 0. The van der Waals surface area contributed by atoms with E-state index in [-0.39, 0.29) is 50.5 Å². The van der Waals surface area contributed by atoms with Crippen molar-refractivity contribution in [3.05, 3.63) is 0 Å². The average Bonchev–Trinajstić information content (AvgIpc) is 2.36. The Labute approximate surface area is 118 Å². The predicted molar refractivity (Wildman–Crippen MR) is 70.9 cm³/mol. The predicted octanol–water partition coefficient (Wildman–Crippen LogP) is 1.45. The van der Waals surface area contributed by atoms with E-state index in [0.29, 0.717) is 0 Å². The third-order valence-electron chi connectivity index (χ3n) is 2.70. The van der Waals surface area contributed by atoms with Gasteiger partial charge >= 0.3 is 11.9 Å². The lowest BCUT2D eigenvalue weighted by atomic mass is 9.92. The van der Waals surface area contributed by atoms with Gasteiger partial charge in [-0.1, -0.05) is 0 Å². The number of rotatable bonds is 10. The molecular weight excluding hydrogens is 264 g/mol. The van der Waals surface area contributed by atoms with E-state index in [4.69, 9.17) is 9.47 Å². The number of carbonyl (C=O) groups excluding carboxylic acids is 4. The van der Waals surface area contributed by atoms with Crippen molar-refractivity contribution >= 4 is 23.5 Å². The Morgan fingerprint density at radius 1 is 0.850 bits per heavy atom. The normalized spacial score (nSPS) is 11.6. The Hall–Kier alpha value is -1.72. The van der Waals surface area contributed by atoms with Crippen molar-refractivity contribution in [2.75, 3.05) is 13.2 Å². The van der Waals surface area contributed by atoms with Crippen LogP contribution in [0.2, 0.25) is 0 Å². The first-order valence-corrected chi connectivity index (χ1v) is 6.76. The fourth-order valence-corrected chi connectivity index (χ4v) is 1.72. The Bertz CT molecular complexity index is 361. The van der Waals surface area contributed by atoms with Crippen molar-refractivity contribution in [2.45, 2.75) is 46.5 Å². The molecule has 0 aromatic heterocycles. The summed E-state index contributed by atoms with van der Waals surface area (Å²) in [5.41, 5.74) is 0. The van der Waals surface area contributed by atoms with E-state index in [2.05, 4.69) is 0 Å². The van der Waals surface area contributed by atoms with Gasteiger partial charge in [0.1, 0.15) is 11.6 Å². The van der Waals surface area contributed by atoms with Gasteiger partial charge in [0.2, 0.25) is 0 Å². The van der Waals surface area contributed by atoms with E-state index in [9.17, 15) is 19.2 Å². The minimum Gasteiger partial charge on any atom is -0.466 e. The van der Waals surface area contributed by atoms with Crippen molar-refractivity contribution in [2.24, 2.45) is 5.92 Å². The van der Waals surface area contributed by atoms with Gasteiger partial charge in [0.05, 0.1) is 25.6 Å². The van der Waals surface area contributed by atoms with Gasteiger partial charge in [0, 0.05) is 12.8 Å². The van der Waals surface area contributed by atoms with Gasteiger partial charge in [-0.15, -0.1) is 0 Å². The van der Waals surface area contributed by atoms with E-state index < -0.39 is 17.9 Å². The Morgan fingerprint density at radius 3 is 1.80 bits per heavy atom. The maximum Gasteiger partial charge on any atom is 0.306 e. The molecule has 0 aliphatic rings. The van der Waals surface area contributed by atoms with Gasteiger partial charge in [-0.3, -0.25) is 19.2 Å². The lowest BCUT2D eigenvalue weighted by Gasteiger charge is -2.12. The van der Waals surface area contributed by atoms with E-state index >= 15 is 0 Å². The first-order chi connectivity index (χ1) is 9.42. The van der Waals surface area contributed by atoms with Crippen LogP contribution < -0.4 is 0 Å². The molecule has 0 aromatic rings. The molecule has 0 spiro atoms. The van der Waals surface area contributed by atoms with Crippen LogP contribution in [0.4, 0.5) is 0 Å². The van der Waals surface area contributed by atoms with Gasteiger partial charge < -0.3 is 9.47 Å². The maximum atomic E-state index is 11.9. The molecule has 0 aliphatic carbocycles. The van der Waals surface area contributed by atoms with Crippen LogP contribution in [0.5, 0.6) is 0 Å². The Morgan fingerprint density at radius 2 is 1.35 bits per heavy atom.